The highest BCUT2D eigenvalue weighted by Gasteiger charge is 2.15. The molecule has 0 saturated carbocycles. The molecule has 0 atom stereocenters. The van der Waals surface area contributed by atoms with Gasteiger partial charge >= 0.3 is 5.69 Å². The van der Waals surface area contributed by atoms with E-state index in [4.69, 9.17) is 4.74 Å². The Balaban J connectivity index is 2.17. The van der Waals surface area contributed by atoms with E-state index in [-0.39, 0.29) is 11.4 Å². The molecule has 0 aliphatic carbocycles. The maximum atomic E-state index is 12.0. The number of nitrogens with zero attached hydrogens (tertiary/aromatic N) is 1. The molecule has 2 aromatic carbocycles. The number of phenolic OH excluding ortho intramolecular Hbond substituents is 1. The van der Waals surface area contributed by atoms with Gasteiger partial charge in [-0.2, -0.15) is 0 Å². The van der Waals surface area contributed by atoms with Crippen LogP contribution in [-0.2, 0) is 7.05 Å². The number of hydrogen-bond donors (Lipinski definition) is 2. The number of aromatic hydroxyl groups is 1. The van der Waals surface area contributed by atoms with Gasteiger partial charge in [-0.15, -0.1) is 0 Å². The molecule has 112 valence electrons. The second kappa shape index (κ2) is 5.44. The molecule has 0 saturated heterocycles. The van der Waals surface area contributed by atoms with Crippen molar-refractivity contribution < 1.29 is 9.84 Å². The van der Waals surface area contributed by atoms with E-state index in [1.54, 1.807) is 43.0 Å². The second-order valence-corrected chi connectivity index (χ2v) is 4.99. The molecule has 0 unspecified atom stereocenters. The quantitative estimate of drug-likeness (QED) is 0.781. The second-order valence-electron chi connectivity index (χ2n) is 4.99. The number of hydrogen-bond acceptors (Lipinski definition) is 3. The minimum atomic E-state index is -0.186. The minimum absolute atomic E-state index is 0.186. The number of phenols is 1. The van der Waals surface area contributed by atoms with Crippen molar-refractivity contribution in [3.8, 4) is 34.0 Å². The lowest BCUT2D eigenvalue weighted by molar-refractivity contribution is 0.415. The zero-order chi connectivity index (χ0) is 15.7. The normalized spacial score (nSPS) is 10.6. The van der Waals surface area contributed by atoms with E-state index in [1.165, 1.54) is 0 Å². The van der Waals surface area contributed by atoms with Crippen molar-refractivity contribution in [2.75, 3.05) is 7.11 Å². The van der Waals surface area contributed by atoms with Crippen LogP contribution in [0.3, 0.4) is 0 Å². The van der Waals surface area contributed by atoms with Crippen LogP contribution < -0.4 is 10.4 Å². The summed E-state index contributed by atoms with van der Waals surface area (Å²) >= 11 is 0. The Morgan fingerprint density at radius 1 is 1.00 bits per heavy atom. The van der Waals surface area contributed by atoms with Gasteiger partial charge in [0.05, 0.1) is 18.5 Å². The minimum Gasteiger partial charge on any atom is -0.508 e. The van der Waals surface area contributed by atoms with Crippen molar-refractivity contribution in [2.24, 2.45) is 7.05 Å². The highest BCUT2D eigenvalue weighted by atomic mass is 16.5. The SMILES string of the molecule is COc1ccc(-c2c(-c3ccc(O)cc3)[nH]c(=O)n2C)cc1. The van der Waals surface area contributed by atoms with Crippen molar-refractivity contribution in [2.45, 2.75) is 0 Å². The van der Waals surface area contributed by atoms with Gasteiger partial charge in [-0.3, -0.25) is 4.57 Å². The van der Waals surface area contributed by atoms with Crippen LogP contribution in [-0.4, -0.2) is 21.8 Å². The van der Waals surface area contributed by atoms with Crippen molar-refractivity contribution in [1.29, 1.82) is 0 Å². The monoisotopic (exact) mass is 296 g/mol. The number of nitrogens with one attached hydrogen (secondary N) is 1. The van der Waals surface area contributed by atoms with Crippen LogP contribution >= 0.6 is 0 Å². The molecular weight excluding hydrogens is 280 g/mol. The number of imidazole rings is 1. The number of ether oxygens (including phenoxy) is 1. The molecule has 5 nitrogen and oxygen atoms in total. The highest BCUT2D eigenvalue weighted by Crippen LogP contribution is 2.31. The Labute approximate surface area is 127 Å². The fourth-order valence-electron chi connectivity index (χ4n) is 2.44. The zero-order valence-electron chi connectivity index (χ0n) is 12.3. The van der Waals surface area contributed by atoms with Crippen LogP contribution in [0, 0.1) is 0 Å². The third-order valence-corrected chi connectivity index (χ3v) is 3.63. The van der Waals surface area contributed by atoms with Gasteiger partial charge in [0, 0.05) is 18.2 Å². The van der Waals surface area contributed by atoms with Crippen molar-refractivity contribution in [3.63, 3.8) is 0 Å². The lowest BCUT2D eigenvalue weighted by atomic mass is 10.0. The molecule has 0 aliphatic heterocycles. The average Bonchev–Trinajstić information content (AvgIpc) is 2.84. The first kappa shape index (κ1) is 14.0. The van der Waals surface area contributed by atoms with Crippen LogP contribution in [0.1, 0.15) is 0 Å². The average molecular weight is 296 g/mol. The van der Waals surface area contributed by atoms with Crippen LogP contribution in [0.5, 0.6) is 11.5 Å². The molecule has 0 fully saturated rings. The van der Waals surface area contributed by atoms with Crippen LogP contribution in [0.2, 0.25) is 0 Å². The number of aromatic nitrogens is 2. The van der Waals surface area contributed by atoms with Gasteiger partial charge in [0.2, 0.25) is 0 Å². The van der Waals surface area contributed by atoms with Crippen LogP contribution in [0.4, 0.5) is 0 Å². The molecule has 0 aliphatic rings. The van der Waals surface area contributed by atoms with E-state index in [9.17, 15) is 9.90 Å². The maximum Gasteiger partial charge on any atom is 0.326 e. The number of rotatable bonds is 3. The summed E-state index contributed by atoms with van der Waals surface area (Å²) in [7, 11) is 3.34. The van der Waals surface area contributed by atoms with Gasteiger partial charge in [-0.25, -0.2) is 4.79 Å². The molecule has 3 aromatic rings. The molecule has 5 heteroatoms. The number of H-pyrrole nitrogens is 1. The van der Waals surface area contributed by atoms with Crippen molar-refractivity contribution >= 4 is 0 Å². The molecule has 0 bridgehead atoms. The highest BCUT2D eigenvalue weighted by molar-refractivity contribution is 5.79. The van der Waals surface area contributed by atoms with E-state index in [0.717, 1.165) is 28.3 Å². The fourth-order valence-corrected chi connectivity index (χ4v) is 2.44. The molecule has 0 spiro atoms. The molecule has 1 aromatic heterocycles. The van der Waals surface area contributed by atoms with Gasteiger partial charge in [-0.05, 0) is 48.5 Å². The Morgan fingerprint density at radius 3 is 2.18 bits per heavy atom. The molecule has 1 heterocycles. The Kier molecular flexibility index (Phi) is 3.47. The molecule has 3 rings (SSSR count). The molecule has 22 heavy (non-hydrogen) atoms. The van der Waals surface area contributed by atoms with Crippen molar-refractivity contribution in [1.82, 2.24) is 9.55 Å². The lowest BCUT2D eigenvalue weighted by Crippen LogP contribution is -2.13. The first-order valence-electron chi connectivity index (χ1n) is 6.83. The van der Waals surface area contributed by atoms with Gasteiger partial charge < -0.3 is 14.8 Å². The van der Waals surface area contributed by atoms with Gasteiger partial charge in [-0.1, -0.05) is 0 Å². The van der Waals surface area contributed by atoms with Crippen LogP contribution in [0.25, 0.3) is 22.5 Å². The maximum absolute atomic E-state index is 12.0. The van der Waals surface area contributed by atoms with E-state index >= 15 is 0 Å². The molecule has 0 radical (unpaired) electrons. The Bertz CT molecular complexity index is 843. The summed E-state index contributed by atoms with van der Waals surface area (Å²) in [6.45, 7) is 0. The van der Waals surface area contributed by atoms with Gasteiger partial charge in [0.15, 0.2) is 0 Å². The topological polar surface area (TPSA) is 67.2 Å². The predicted molar refractivity (Wildman–Crippen MR) is 85.1 cm³/mol. The first-order chi connectivity index (χ1) is 10.6. The number of benzene rings is 2. The lowest BCUT2D eigenvalue weighted by Gasteiger charge is -2.08. The van der Waals surface area contributed by atoms with E-state index in [0.29, 0.717) is 0 Å². The van der Waals surface area contributed by atoms with Crippen LogP contribution in [0.15, 0.2) is 53.3 Å². The molecule has 0 amide bonds. The zero-order valence-corrected chi connectivity index (χ0v) is 12.3. The fraction of sp³-hybridized carbons (Fsp3) is 0.118. The van der Waals surface area contributed by atoms with Gasteiger partial charge in [0.1, 0.15) is 11.5 Å². The van der Waals surface area contributed by atoms with E-state index in [1.807, 2.05) is 24.3 Å². The standard InChI is InChI=1S/C17H16N2O3/c1-19-16(12-5-9-14(22-2)10-6-12)15(18-17(19)21)11-3-7-13(20)8-4-11/h3-10,20H,1-2H3,(H,18,21). The predicted octanol–water partition coefficient (Wildman–Crippen LogP) is 2.76. The smallest absolute Gasteiger partial charge is 0.326 e. The number of aromatic amines is 1. The summed E-state index contributed by atoms with van der Waals surface area (Å²) in [5, 5.41) is 9.42. The third-order valence-electron chi connectivity index (χ3n) is 3.63. The Hall–Kier alpha value is -2.95. The summed E-state index contributed by atoms with van der Waals surface area (Å²) in [5.41, 5.74) is 3.07. The summed E-state index contributed by atoms with van der Waals surface area (Å²) in [6, 6.07) is 14.3. The third kappa shape index (κ3) is 2.37. The van der Waals surface area contributed by atoms with Crippen molar-refractivity contribution in [3.05, 3.63) is 59.0 Å². The summed E-state index contributed by atoms with van der Waals surface area (Å²) in [4.78, 5) is 14.9. The van der Waals surface area contributed by atoms with E-state index < -0.39 is 0 Å². The summed E-state index contributed by atoms with van der Waals surface area (Å²) in [5.74, 6) is 0.948. The first-order valence-corrected chi connectivity index (χ1v) is 6.83. The number of methoxy groups -OCH3 is 1. The van der Waals surface area contributed by atoms with E-state index in [2.05, 4.69) is 4.98 Å². The summed E-state index contributed by atoms with van der Waals surface area (Å²) < 4.78 is 6.74. The largest absolute Gasteiger partial charge is 0.508 e. The molecular formula is C17H16N2O3. The molecule has 2 N–H and O–H groups in total. The Morgan fingerprint density at radius 2 is 1.59 bits per heavy atom. The summed E-state index contributed by atoms with van der Waals surface area (Å²) in [6.07, 6.45) is 0. The van der Waals surface area contributed by atoms with Gasteiger partial charge in [0.25, 0.3) is 0 Å².